The topological polar surface area (TPSA) is 26.3 Å². The molecule has 0 bridgehead atoms. The van der Waals surface area contributed by atoms with Gasteiger partial charge in [-0.15, -0.1) is 0 Å². The maximum atomic E-state index is 13.1. The molecule has 0 aliphatic rings. The van der Waals surface area contributed by atoms with Crippen molar-refractivity contribution in [2.24, 2.45) is 0 Å². The van der Waals surface area contributed by atoms with E-state index >= 15 is 0 Å². The Labute approximate surface area is 140 Å². The van der Waals surface area contributed by atoms with Gasteiger partial charge in [-0.1, -0.05) is 18.2 Å². The molecule has 0 spiro atoms. The number of rotatable bonds is 4. The Kier molecular flexibility index (Phi) is 5.42. The number of methoxy groups -OCH3 is 1. The van der Waals surface area contributed by atoms with Crippen molar-refractivity contribution in [3.05, 3.63) is 59.2 Å². The van der Waals surface area contributed by atoms with Gasteiger partial charge in [0.2, 0.25) is 0 Å². The number of carbonyl (C=O) groups excluding carboxylic acids is 1. The largest absolute Gasteiger partial charge is 0.497 e. The molecule has 0 aromatic heterocycles. The van der Waals surface area contributed by atoms with Crippen LogP contribution in [0.2, 0.25) is 0 Å². The second-order valence-corrected chi connectivity index (χ2v) is 6.19. The Balaban J connectivity index is 2.49. The average molecular weight is 380 g/mol. The van der Waals surface area contributed by atoms with Gasteiger partial charge in [-0.3, -0.25) is 4.79 Å². The van der Waals surface area contributed by atoms with Crippen LogP contribution in [0.5, 0.6) is 5.75 Å². The highest BCUT2D eigenvalue weighted by Crippen LogP contribution is 2.41. The Morgan fingerprint density at radius 2 is 1.36 bits per heavy atom. The first-order valence-electron chi connectivity index (χ1n) is 6.77. The van der Waals surface area contributed by atoms with E-state index in [4.69, 9.17) is 4.74 Å². The number of hydrogen-bond acceptors (Lipinski definition) is 2. The van der Waals surface area contributed by atoms with Crippen molar-refractivity contribution in [2.75, 3.05) is 7.11 Å². The monoisotopic (exact) mass is 380 g/mol. The van der Waals surface area contributed by atoms with Crippen LogP contribution in [0.3, 0.4) is 0 Å². The van der Waals surface area contributed by atoms with E-state index in [9.17, 15) is 31.1 Å². The van der Waals surface area contributed by atoms with Crippen LogP contribution in [-0.4, -0.2) is 12.6 Å². The fraction of sp³-hybridized carbons (Fsp3) is 0.188. The van der Waals surface area contributed by atoms with Crippen LogP contribution in [0.15, 0.2) is 42.5 Å². The SMILES string of the molecule is COc1ccc(PC(=O)c2c(C(F)(F)F)cccc2C(F)(F)F)cc1. The van der Waals surface area contributed by atoms with Gasteiger partial charge in [-0.25, -0.2) is 0 Å². The van der Waals surface area contributed by atoms with Crippen LogP contribution in [0.1, 0.15) is 21.5 Å². The van der Waals surface area contributed by atoms with E-state index < -0.39 is 43.1 Å². The molecule has 2 aromatic carbocycles. The van der Waals surface area contributed by atoms with Crippen molar-refractivity contribution in [3.63, 3.8) is 0 Å². The summed E-state index contributed by atoms with van der Waals surface area (Å²) in [6.07, 6.45) is -10.1. The van der Waals surface area contributed by atoms with Crippen LogP contribution in [0.4, 0.5) is 26.3 Å². The molecule has 2 aromatic rings. The molecule has 0 N–H and O–H groups in total. The maximum Gasteiger partial charge on any atom is 0.417 e. The number of alkyl halides is 6. The summed E-state index contributed by atoms with van der Waals surface area (Å²) in [5.74, 6) is 0.452. The Hall–Kier alpha value is -2.08. The van der Waals surface area contributed by atoms with Crippen molar-refractivity contribution in [1.82, 2.24) is 0 Å². The summed E-state index contributed by atoms with van der Waals surface area (Å²) in [4.78, 5) is 12.3. The summed E-state index contributed by atoms with van der Waals surface area (Å²) >= 11 is 0. The van der Waals surface area contributed by atoms with Gasteiger partial charge < -0.3 is 4.74 Å². The second kappa shape index (κ2) is 7.04. The molecule has 1 unspecified atom stereocenters. The number of benzene rings is 2. The zero-order valence-electron chi connectivity index (χ0n) is 12.6. The van der Waals surface area contributed by atoms with Crippen molar-refractivity contribution in [1.29, 1.82) is 0 Å². The highest BCUT2D eigenvalue weighted by Gasteiger charge is 2.42. The molecule has 0 aliphatic heterocycles. The number of ether oxygens (including phenoxy) is 1. The third kappa shape index (κ3) is 4.51. The summed E-state index contributed by atoms with van der Waals surface area (Å²) < 4.78 is 83.4. The summed E-state index contributed by atoms with van der Waals surface area (Å²) in [6, 6.07) is 7.35. The zero-order chi connectivity index (χ0) is 18.8. The minimum Gasteiger partial charge on any atom is -0.497 e. The van der Waals surface area contributed by atoms with E-state index in [2.05, 4.69) is 0 Å². The second-order valence-electron chi connectivity index (χ2n) is 4.91. The smallest absolute Gasteiger partial charge is 0.417 e. The standard InChI is InChI=1S/C16H11F6O2P/c1-24-9-5-7-10(8-6-9)25-14(23)13-11(15(17,18)19)3-2-4-12(13)16(20,21)22/h2-8,25H,1H3. The van der Waals surface area contributed by atoms with Crippen LogP contribution in [0, 0.1) is 0 Å². The molecule has 0 radical (unpaired) electrons. The molecule has 2 nitrogen and oxygen atoms in total. The Bertz CT molecular complexity index is 733. The van der Waals surface area contributed by atoms with Gasteiger partial charge in [0.15, 0.2) is 5.52 Å². The maximum absolute atomic E-state index is 13.1. The van der Waals surface area contributed by atoms with Gasteiger partial charge >= 0.3 is 12.4 Å². The molecule has 9 heteroatoms. The van der Waals surface area contributed by atoms with Gasteiger partial charge in [0, 0.05) is 5.56 Å². The Morgan fingerprint density at radius 1 is 0.880 bits per heavy atom. The van der Waals surface area contributed by atoms with Crippen LogP contribution < -0.4 is 10.0 Å². The highest BCUT2D eigenvalue weighted by atomic mass is 31.1. The van der Waals surface area contributed by atoms with Crippen molar-refractivity contribution in [2.45, 2.75) is 12.4 Å². The number of carbonyl (C=O) groups is 1. The van der Waals surface area contributed by atoms with E-state index in [1.54, 1.807) is 0 Å². The minimum absolute atomic E-state index is 0.302. The van der Waals surface area contributed by atoms with Gasteiger partial charge in [-0.2, -0.15) is 26.3 Å². The van der Waals surface area contributed by atoms with Gasteiger partial charge in [0.05, 0.1) is 18.2 Å². The number of halogens is 6. The lowest BCUT2D eigenvalue weighted by Crippen LogP contribution is -2.19. The molecule has 1 atom stereocenters. The predicted molar refractivity (Wildman–Crippen MR) is 81.7 cm³/mol. The molecule has 0 aliphatic carbocycles. The lowest BCUT2D eigenvalue weighted by Gasteiger charge is -2.17. The van der Waals surface area contributed by atoms with Crippen LogP contribution in [0.25, 0.3) is 0 Å². The van der Waals surface area contributed by atoms with E-state index in [1.165, 1.54) is 31.4 Å². The summed E-state index contributed by atoms with van der Waals surface area (Å²) in [7, 11) is 0.510. The third-order valence-electron chi connectivity index (χ3n) is 3.25. The fourth-order valence-electron chi connectivity index (χ4n) is 2.14. The molecule has 2 rings (SSSR count). The first kappa shape index (κ1) is 19.2. The average Bonchev–Trinajstić information content (AvgIpc) is 2.53. The summed E-state index contributed by atoms with van der Waals surface area (Å²) in [5.41, 5.74) is -5.76. The van der Waals surface area contributed by atoms with Gasteiger partial charge in [0.1, 0.15) is 5.75 Å². The molecule has 0 saturated carbocycles. The van der Waals surface area contributed by atoms with Crippen molar-refractivity contribution < 1.29 is 35.9 Å². The quantitative estimate of drug-likeness (QED) is 0.559. The van der Waals surface area contributed by atoms with E-state index in [-0.39, 0.29) is 0 Å². The van der Waals surface area contributed by atoms with E-state index in [0.29, 0.717) is 29.3 Å². The van der Waals surface area contributed by atoms with Gasteiger partial charge in [-0.05, 0) is 38.2 Å². The van der Waals surface area contributed by atoms with E-state index in [0.717, 1.165) is 0 Å². The normalized spacial score (nSPS) is 12.6. The van der Waals surface area contributed by atoms with Crippen molar-refractivity contribution in [3.8, 4) is 5.75 Å². The Morgan fingerprint density at radius 3 is 1.76 bits per heavy atom. The lowest BCUT2D eigenvalue weighted by molar-refractivity contribution is -0.143. The van der Waals surface area contributed by atoms with E-state index in [1.807, 2.05) is 0 Å². The first-order chi connectivity index (χ1) is 11.5. The molecule has 0 saturated heterocycles. The minimum atomic E-state index is -5.07. The third-order valence-corrected chi connectivity index (χ3v) is 4.35. The molecule has 0 fully saturated rings. The van der Waals surface area contributed by atoms with Crippen molar-refractivity contribution >= 4 is 19.4 Å². The summed E-state index contributed by atoms with van der Waals surface area (Å²) in [5, 5.41) is 0.302. The summed E-state index contributed by atoms with van der Waals surface area (Å²) in [6.45, 7) is 0. The lowest BCUT2D eigenvalue weighted by atomic mass is 10.0. The fourth-order valence-corrected chi connectivity index (χ4v) is 3.13. The molecule has 0 heterocycles. The highest BCUT2D eigenvalue weighted by molar-refractivity contribution is 7.66. The molecule has 0 amide bonds. The number of hydrogen-bond donors (Lipinski definition) is 0. The molecule has 134 valence electrons. The predicted octanol–water partition coefficient (Wildman–Crippen LogP) is 4.88. The van der Waals surface area contributed by atoms with Crippen LogP contribution in [-0.2, 0) is 12.4 Å². The first-order valence-corrected chi connectivity index (χ1v) is 7.77. The molecular formula is C16H11F6O2P. The molecule has 25 heavy (non-hydrogen) atoms. The van der Waals surface area contributed by atoms with Crippen LogP contribution >= 0.6 is 8.58 Å². The van der Waals surface area contributed by atoms with Gasteiger partial charge in [0.25, 0.3) is 0 Å². The zero-order valence-corrected chi connectivity index (χ0v) is 13.6. The molecular weight excluding hydrogens is 369 g/mol.